The molecule has 5 heteroatoms. The number of carbonyl (C=O) groups is 1. The lowest BCUT2D eigenvalue weighted by Crippen LogP contribution is -2.32. The van der Waals surface area contributed by atoms with Crippen molar-refractivity contribution < 1.29 is 14.3 Å². The number of hydrogen-bond donors (Lipinski definition) is 2. The van der Waals surface area contributed by atoms with E-state index in [1.165, 1.54) is 6.07 Å². The number of carbonyl (C=O) groups excluding carboxylic acids is 1. The minimum Gasteiger partial charge on any atom is -0.396 e. The zero-order valence-corrected chi connectivity index (χ0v) is 13.8. The first kappa shape index (κ1) is 17.2. The summed E-state index contributed by atoms with van der Waals surface area (Å²) in [7, 11) is 0. The predicted molar refractivity (Wildman–Crippen MR) is 88.4 cm³/mol. The Morgan fingerprint density at radius 2 is 2.04 bits per heavy atom. The molecule has 2 rings (SSSR count). The van der Waals surface area contributed by atoms with E-state index in [0.29, 0.717) is 29.8 Å². The van der Waals surface area contributed by atoms with Gasteiger partial charge in [-0.1, -0.05) is 12.1 Å². The lowest BCUT2D eigenvalue weighted by molar-refractivity contribution is 0.0936. The quantitative estimate of drug-likeness (QED) is 0.860. The number of aromatic nitrogens is 1. The van der Waals surface area contributed by atoms with Crippen LogP contribution in [0.15, 0.2) is 30.3 Å². The van der Waals surface area contributed by atoms with Gasteiger partial charge < -0.3 is 15.0 Å². The summed E-state index contributed by atoms with van der Waals surface area (Å²) >= 11 is 0. The predicted octanol–water partition coefficient (Wildman–Crippen LogP) is 3.12. The third-order valence-electron chi connectivity index (χ3n) is 3.94. The number of aryl methyl sites for hydroxylation is 1. The fourth-order valence-electron chi connectivity index (χ4n) is 2.77. The van der Waals surface area contributed by atoms with Crippen molar-refractivity contribution in [1.82, 2.24) is 9.88 Å². The molecule has 0 fully saturated rings. The molecule has 0 bridgehead atoms. The highest BCUT2D eigenvalue weighted by molar-refractivity contribution is 5.96. The summed E-state index contributed by atoms with van der Waals surface area (Å²) in [5.41, 5.74) is 2.50. The van der Waals surface area contributed by atoms with Gasteiger partial charge in [0.1, 0.15) is 5.82 Å². The summed E-state index contributed by atoms with van der Waals surface area (Å²) in [5.74, 6) is -0.497. The van der Waals surface area contributed by atoms with Crippen LogP contribution in [0.3, 0.4) is 0 Å². The molecule has 1 atom stereocenters. The molecule has 0 saturated heterocycles. The zero-order valence-electron chi connectivity index (χ0n) is 13.8. The van der Waals surface area contributed by atoms with Gasteiger partial charge in [-0.15, -0.1) is 0 Å². The monoisotopic (exact) mass is 318 g/mol. The van der Waals surface area contributed by atoms with Crippen LogP contribution in [0.5, 0.6) is 0 Å². The lowest BCUT2D eigenvalue weighted by atomic mass is 10.1. The molecule has 2 N–H and O–H groups in total. The minimum absolute atomic E-state index is 0.0221. The van der Waals surface area contributed by atoms with Gasteiger partial charge in [-0.2, -0.15) is 0 Å². The Morgan fingerprint density at radius 3 is 2.70 bits per heavy atom. The number of para-hydroxylation sites is 1. The first-order valence-corrected chi connectivity index (χ1v) is 7.81. The van der Waals surface area contributed by atoms with Gasteiger partial charge in [0, 0.05) is 24.0 Å². The van der Waals surface area contributed by atoms with Crippen LogP contribution in [-0.4, -0.2) is 28.2 Å². The molecule has 4 nitrogen and oxygen atoms in total. The van der Waals surface area contributed by atoms with Gasteiger partial charge in [0.15, 0.2) is 0 Å². The molecule has 0 radical (unpaired) electrons. The summed E-state index contributed by atoms with van der Waals surface area (Å²) in [4.78, 5) is 12.4. The topological polar surface area (TPSA) is 54.3 Å². The maximum absolute atomic E-state index is 14.1. The van der Waals surface area contributed by atoms with E-state index in [9.17, 15) is 9.18 Å². The summed E-state index contributed by atoms with van der Waals surface area (Å²) < 4.78 is 15.8. The Kier molecular flexibility index (Phi) is 5.55. The molecule has 0 spiro atoms. The highest BCUT2D eigenvalue weighted by Gasteiger charge is 2.19. The Labute approximate surface area is 135 Å². The second kappa shape index (κ2) is 7.42. The number of rotatable bonds is 6. The van der Waals surface area contributed by atoms with Crippen LogP contribution in [0.2, 0.25) is 0 Å². The molecule has 1 unspecified atom stereocenters. The third kappa shape index (κ3) is 3.79. The molecule has 1 aromatic heterocycles. The van der Waals surface area contributed by atoms with E-state index < -0.39 is 0 Å². The van der Waals surface area contributed by atoms with Gasteiger partial charge in [0.25, 0.3) is 5.91 Å². The molecule has 23 heavy (non-hydrogen) atoms. The number of nitrogens with one attached hydrogen (secondary N) is 1. The van der Waals surface area contributed by atoms with E-state index in [0.717, 1.165) is 5.69 Å². The third-order valence-corrected chi connectivity index (χ3v) is 3.94. The Hall–Kier alpha value is -2.14. The number of hydrogen-bond acceptors (Lipinski definition) is 2. The number of aliphatic hydroxyl groups is 1. The van der Waals surface area contributed by atoms with E-state index in [2.05, 4.69) is 5.32 Å². The zero-order chi connectivity index (χ0) is 17.0. The second-order valence-electron chi connectivity index (χ2n) is 5.81. The first-order chi connectivity index (χ1) is 11.0. The van der Waals surface area contributed by atoms with Crippen LogP contribution in [-0.2, 0) is 0 Å². The van der Waals surface area contributed by atoms with Crippen LogP contribution in [0.25, 0.3) is 5.69 Å². The molecule has 1 heterocycles. The Balaban J connectivity index is 2.27. The highest BCUT2D eigenvalue weighted by Crippen LogP contribution is 2.22. The molecule has 0 aliphatic heterocycles. The molecule has 0 aliphatic rings. The van der Waals surface area contributed by atoms with Crippen molar-refractivity contribution >= 4 is 5.91 Å². The number of halogens is 1. The summed E-state index contributed by atoms with van der Waals surface area (Å²) in [6.45, 7) is 5.68. The van der Waals surface area contributed by atoms with Crippen molar-refractivity contribution in [2.75, 3.05) is 6.61 Å². The smallest absolute Gasteiger partial charge is 0.253 e. The van der Waals surface area contributed by atoms with Crippen molar-refractivity contribution in [1.29, 1.82) is 0 Å². The Morgan fingerprint density at radius 1 is 1.35 bits per heavy atom. The largest absolute Gasteiger partial charge is 0.396 e. The molecule has 124 valence electrons. The van der Waals surface area contributed by atoms with Crippen LogP contribution in [0.1, 0.15) is 41.5 Å². The fraction of sp³-hybridized carbons (Fsp3) is 0.389. The average Bonchev–Trinajstić information content (AvgIpc) is 2.81. The summed E-state index contributed by atoms with van der Waals surface area (Å²) in [6, 6.07) is 8.27. The van der Waals surface area contributed by atoms with Gasteiger partial charge in [-0.3, -0.25) is 4.79 Å². The van der Waals surface area contributed by atoms with Crippen molar-refractivity contribution in [3.8, 4) is 5.69 Å². The maximum atomic E-state index is 14.1. The standard InChI is InChI=1S/C18H23FN2O2/c1-12(7-6-10-22)20-18(23)15-11-13(2)21(14(15)3)17-9-5-4-8-16(17)19/h4-5,8-9,11-12,22H,6-7,10H2,1-3H3,(H,20,23). The van der Waals surface area contributed by atoms with Gasteiger partial charge in [0.2, 0.25) is 0 Å². The molecule has 0 saturated carbocycles. The highest BCUT2D eigenvalue weighted by atomic mass is 19.1. The number of nitrogens with zero attached hydrogens (tertiary/aromatic N) is 1. The van der Waals surface area contributed by atoms with Crippen LogP contribution < -0.4 is 5.32 Å². The van der Waals surface area contributed by atoms with Gasteiger partial charge in [-0.25, -0.2) is 4.39 Å². The van der Waals surface area contributed by atoms with E-state index in [1.807, 2.05) is 20.8 Å². The van der Waals surface area contributed by atoms with Crippen LogP contribution >= 0.6 is 0 Å². The van der Waals surface area contributed by atoms with Crippen LogP contribution in [0, 0.1) is 19.7 Å². The SMILES string of the molecule is Cc1cc(C(=O)NC(C)CCCO)c(C)n1-c1ccccc1F. The van der Waals surface area contributed by atoms with E-state index in [1.54, 1.807) is 28.8 Å². The number of aliphatic hydroxyl groups excluding tert-OH is 1. The van der Waals surface area contributed by atoms with Crippen molar-refractivity contribution in [2.45, 2.75) is 39.7 Å². The molecule has 2 aromatic rings. The second-order valence-corrected chi connectivity index (χ2v) is 5.81. The van der Waals surface area contributed by atoms with Gasteiger partial charge in [0.05, 0.1) is 11.3 Å². The van der Waals surface area contributed by atoms with Gasteiger partial charge >= 0.3 is 0 Å². The van der Waals surface area contributed by atoms with Crippen molar-refractivity contribution in [2.24, 2.45) is 0 Å². The van der Waals surface area contributed by atoms with Crippen LogP contribution in [0.4, 0.5) is 4.39 Å². The van der Waals surface area contributed by atoms with E-state index in [-0.39, 0.29) is 24.4 Å². The summed E-state index contributed by atoms with van der Waals surface area (Å²) in [5, 5.41) is 11.8. The van der Waals surface area contributed by atoms with E-state index >= 15 is 0 Å². The Bertz CT molecular complexity index is 694. The maximum Gasteiger partial charge on any atom is 0.253 e. The molecule has 1 aromatic carbocycles. The fourth-order valence-corrected chi connectivity index (χ4v) is 2.77. The lowest BCUT2D eigenvalue weighted by Gasteiger charge is -2.14. The molecule has 0 aliphatic carbocycles. The molecular formula is C18H23FN2O2. The first-order valence-electron chi connectivity index (χ1n) is 7.81. The van der Waals surface area contributed by atoms with Gasteiger partial charge in [-0.05, 0) is 51.8 Å². The summed E-state index contributed by atoms with van der Waals surface area (Å²) in [6.07, 6.45) is 1.37. The van der Waals surface area contributed by atoms with E-state index in [4.69, 9.17) is 5.11 Å². The molecular weight excluding hydrogens is 295 g/mol. The molecule has 1 amide bonds. The number of amides is 1. The normalized spacial score (nSPS) is 12.2. The number of benzene rings is 1. The average molecular weight is 318 g/mol. The van der Waals surface area contributed by atoms with Crippen molar-refractivity contribution in [3.05, 3.63) is 53.1 Å². The minimum atomic E-state index is -0.322. The van der Waals surface area contributed by atoms with Crippen molar-refractivity contribution in [3.63, 3.8) is 0 Å².